The van der Waals surface area contributed by atoms with Gasteiger partial charge in [0.15, 0.2) is 0 Å². The van der Waals surface area contributed by atoms with E-state index in [1.54, 1.807) is 0 Å². The van der Waals surface area contributed by atoms with Gasteiger partial charge in [0.2, 0.25) is 0 Å². The first kappa shape index (κ1) is 17.2. The minimum atomic E-state index is -1.11. The fourth-order valence-electron chi connectivity index (χ4n) is 2.32. The van der Waals surface area contributed by atoms with Crippen molar-refractivity contribution in [2.45, 2.75) is 19.4 Å². The lowest BCUT2D eigenvalue weighted by Crippen LogP contribution is -2.47. The van der Waals surface area contributed by atoms with Gasteiger partial charge in [-0.05, 0) is 5.92 Å². The average molecular weight is 302 g/mol. The molecule has 1 aliphatic heterocycles. The normalized spacial score (nSPS) is 22.7. The van der Waals surface area contributed by atoms with Crippen LogP contribution in [-0.4, -0.2) is 67.9 Å². The van der Waals surface area contributed by atoms with Gasteiger partial charge in [-0.25, -0.2) is 9.59 Å². The highest BCUT2D eigenvalue weighted by Gasteiger charge is 2.38. The monoisotopic (exact) mass is 302 g/mol. The van der Waals surface area contributed by atoms with Crippen LogP contribution < -0.4 is 5.32 Å². The maximum absolute atomic E-state index is 12.1. The number of rotatable bonds is 6. The third-order valence-electron chi connectivity index (χ3n) is 3.61. The molecule has 3 unspecified atom stereocenters. The van der Waals surface area contributed by atoms with Gasteiger partial charge >= 0.3 is 18.0 Å². The highest BCUT2D eigenvalue weighted by molar-refractivity contribution is 5.83. The third-order valence-corrected chi connectivity index (χ3v) is 3.61. The smallest absolute Gasteiger partial charge is 0.326 e. The number of carbonyl (C=O) groups is 3. The number of aliphatic carboxylic acids is 1. The molecule has 1 rings (SSSR count). The summed E-state index contributed by atoms with van der Waals surface area (Å²) in [6, 6.07) is -1.50. The summed E-state index contributed by atoms with van der Waals surface area (Å²) in [4.78, 5) is 36.2. The molecule has 0 aromatic rings. The lowest BCUT2D eigenvalue weighted by Gasteiger charge is -2.20. The van der Waals surface area contributed by atoms with E-state index < -0.39 is 18.0 Å². The molecule has 2 N–H and O–H groups in total. The summed E-state index contributed by atoms with van der Waals surface area (Å²) in [6.07, 6.45) is 0.182. The molecule has 1 heterocycles. The van der Waals surface area contributed by atoms with Crippen molar-refractivity contribution in [3.63, 3.8) is 0 Å². The standard InChI is InChI=1S/C13H22N2O6/c1-8-6-15(7-9(8)12(18)21-3)13(19)14-10(11(16)17)4-5-20-2/h8-10H,4-7H2,1-3H3,(H,14,19)(H,16,17). The van der Waals surface area contributed by atoms with Crippen LogP contribution in [0.2, 0.25) is 0 Å². The fourth-order valence-corrected chi connectivity index (χ4v) is 2.32. The number of urea groups is 1. The molecule has 1 saturated heterocycles. The van der Waals surface area contributed by atoms with E-state index in [0.29, 0.717) is 6.54 Å². The van der Waals surface area contributed by atoms with Crippen molar-refractivity contribution in [2.75, 3.05) is 33.9 Å². The Kier molecular flexibility index (Phi) is 6.41. The van der Waals surface area contributed by atoms with E-state index in [1.807, 2.05) is 6.92 Å². The van der Waals surface area contributed by atoms with E-state index in [1.165, 1.54) is 19.1 Å². The Morgan fingerprint density at radius 1 is 1.33 bits per heavy atom. The topological polar surface area (TPSA) is 105 Å². The zero-order valence-electron chi connectivity index (χ0n) is 12.5. The number of ether oxygens (including phenoxy) is 2. The Balaban J connectivity index is 2.59. The lowest BCUT2D eigenvalue weighted by molar-refractivity contribution is -0.146. The van der Waals surface area contributed by atoms with Gasteiger partial charge in [-0.3, -0.25) is 4.79 Å². The fraction of sp³-hybridized carbons (Fsp3) is 0.769. The van der Waals surface area contributed by atoms with Gasteiger partial charge < -0.3 is 24.8 Å². The van der Waals surface area contributed by atoms with Gasteiger partial charge in [-0.1, -0.05) is 6.92 Å². The number of amides is 2. The second kappa shape index (κ2) is 7.82. The number of esters is 1. The number of nitrogens with one attached hydrogen (secondary N) is 1. The zero-order chi connectivity index (χ0) is 16.0. The van der Waals surface area contributed by atoms with Crippen molar-refractivity contribution in [2.24, 2.45) is 11.8 Å². The molecule has 3 atom stereocenters. The summed E-state index contributed by atoms with van der Waals surface area (Å²) in [6.45, 7) is 2.71. The van der Waals surface area contributed by atoms with Gasteiger partial charge in [0.05, 0.1) is 13.0 Å². The summed E-state index contributed by atoms with van der Waals surface area (Å²) in [5, 5.41) is 11.5. The molecule has 0 saturated carbocycles. The van der Waals surface area contributed by atoms with Crippen LogP contribution >= 0.6 is 0 Å². The SMILES string of the molecule is COCCC(NC(=O)N1CC(C)C(C(=O)OC)C1)C(=O)O. The Bertz CT molecular complexity index is 400. The maximum atomic E-state index is 12.1. The number of carboxylic acid groups (broad SMARTS) is 1. The van der Waals surface area contributed by atoms with E-state index >= 15 is 0 Å². The molecule has 0 aliphatic carbocycles. The number of nitrogens with zero attached hydrogens (tertiary/aromatic N) is 1. The first-order chi connectivity index (χ1) is 9.90. The van der Waals surface area contributed by atoms with Gasteiger partial charge in [0.1, 0.15) is 6.04 Å². The Morgan fingerprint density at radius 2 is 2.00 bits per heavy atom. The summed E-state index contributed by atoms with van der Waals surface area (Å²) < 4.78 is 9.52. The van der Waals surface area contributed by atoms with E-state index in [2.05, 4.69) is 5.32 Å². The molecule has 1 aliphatic rings. The van der Waals surface area contributed by atoms with Crippen LogP contribution in [0.5, 0.6) is 0 Å². The van der Waals surface area contributed by atoms with E-state index in [-0.39, 0.29) is 37.4 Å². The van der Waals surface area contributed by atoms with Gasteiger partial charge in [0.25, 0.3) is 0 Å². The summed E-state index contributed by atoms with van der Waals surface area (Å²) in [7, 11) is 2.77. The van der Waals surface area contributed by atoms with Crippen molar-refractivity contribution in [3.05, 3.63) is 0 Å². The maximum Gasteiger partial charge on any atom is 0.326 e. The van der Waals surface area contributed by atoms with Gasteiger partial charge in [-0.15, -0.1) is 0 Å². The van der Waals surface area contributed by atoms with E-state index in [9.17, 15) is 14.4 Å². The van der Waals surface area contributed by atoms with Crippen molar-refractivity contribution >= 4 is 18.0 Å². The molecule has 120 valence electrons. The second-order valence-electron chi connectivity index (χ2n) is 5.13. The zero-order valence-corrected chi connectivity index (χ0v) is 12.5. The largest absolute Gasteiger partial charge is 0.480 e. The van der Waals surface area contributed by atoms with Crippen molar-refractivity contribution < 1.29 is 29.0 Å². The second-order valence-corrected chi connectivity index (χ2v) is 5.13. The molecular weight excluding hydrogens is 280 g/mol. The number of methoxy groups -OCH3 is 2. The van der Waals surface area contributed by atoms with Crippen LogP contribution in [0.1, 0.15) is 13.3 Å². The number of carbonyl (C=O) groups excluding carboxylic acids is 2. The first-order valence-corrected chi connectivity index (χ1v) is 6.75. The minimum absolute atomic E-state index is 0.0227. The molecule has 21 heavy (non-hydrogen) atoms. The molecule has 8 nitrogen and oxygen atoms in total. The van der Waals surface area contributed by atoms with Crippen LogP contribution in [-0.2, 0) is 19.1 Å². The lowest BCUT2D eigenvalue weighted by atomic mass is 9.99. The Hall–Kier alpha value is -1.83. The summed E-state index contributed by atoms with van der Waals surface area (Å²) in [5.74, 6) is -1.86. The summed E-state index contributed by atoms with van der Waals surface area (Å²) >= 11 is 0. The number of carboxylic acids is 1. The van der Waals surface area contributed by atoms with Crippen LogP contribution in [0.25, 0.3) is 0 Å². The predicted octanol–water partition coefficient (Wildman–Crippen LogP) is -0.0734. The van der Waals surface area contributed by atoms with Crippen molar-refractivity contribution in [3.8, 4) is 0 Å². The minimum Gasteiger partial charge on any atom is -0.480 e. The van der Waals surface area contributed by atoms with Gasteiger partial charge in [0, 0.05) is 33.2 Å². The quantitative estimate of drug-likeness (QED) is 0.665. The Labute approximate surface area is 123 Å². The molecule has 0 aromatic heterocycles. The number of hydrogen-bond donors (Lipinski definition) is 2. The molecular formula is C13H22N2O6. The molecule has 8 heteroatoms. The van der Waals surface area contributed by atoms with Crippen molar-refractivity contribution in [1.82, 2.24) is 10.2 Å². The number of hydrogen-bond acceptors (Lipinski definition) is 5. The van der Waals surface area contributed by atoms with Crippen LogP contribution in [0.15, 0.2) is 0 Å². The molecule has 0 radical (unpaired) electrons. The molecule has 1 fully saturated rings. The van der Waals surface area contributed by atoms with Crippen molar-refractivity contribution in [1.29, 1.82) is 0 Å². The van der Waals surface area contributed by atoms with Crippen LogP contribution in [0.3, 0.4) is 0 Å². The predicted molar refractivity (Wildman–Crippen MR) is 72.7 cm³/mol. The third kappa shape index (κ3) is 4.59. The molecule has 0 bridgehead atoms. The number of likely N-dealkylation sites (tertiary alicyclic amines) is 1. The summed E-state index contributed by atoms with van der Waals surface area (Å²) in [5.41, 5.74) is 0. The average Bonchev–Trinajstić information content (AvgIpc) is 2.84. The highest BCUT2D eigenvalue weighted by atomic mass is 16.5. The highest BCUT2D eigenvalue weighted by Crippen LogP contribution is 2.24. The van der Waals surface area contributed by atoms with E-state index in [0.717, 1.165) is 0 Å². The molecule has 0 spiro atoms. The molecule has 2 amide bonds. The first-order valence-electron chi connectivity index (χ1n) is 6.75. The van der Waals surface area contributed by atoms with Crippen LogP contribution in [0, 0.1) is 11.8 Å². The van der Waals surface area contributed by atoms with Gasteiger partial charge in [-0.2, -0.15) is 0 Å². The van der Waals surface area contributed by atoms with Crippen LogP contribution in [0.4, 0.5) is 4.79 Å². The molecule has 0 aromatic carbocycles. The Morgan fingerprint density at radius 3 is 2.52 bits per heavy atom. The van der Waals surface area contributed by atoms with E-state index in [4.69, 9.17) is 14.6 Å².